The van der Waals surface area contributed by atoms with Crippen LogP contribution in [-0.4, -0.2) is 285 Å². The topological polar surface area (TPSA) is 294 Å². The van der Waals surface area contributed by atoms with Crippen LogP contribution in [0.5, 0.6) is 0 Å². The Morgan fingerprint density at radius 3 is 1.08 bits per heavy atom. The Bertz CT molecular complexity index is 1330. The minimum absolute atomic E-state index is 0.00241. The maximum atomic E-state index is 13.5. The maximum absolute atomic E-state index is 13.5. The van der Waals surface area contributed by atoms with Gasteiger partial charge in [-0.05, 0) is 20.3 Å². The summed E-state index contributed by atoms with van der Waals surface area (Å²) in [5.41, 5.74) is -1.34. The standard InChI is InChI=1S/C52H102N4O22/c1-5-6-7-15-63-25-30-72-39-40-74-43-51(61)56-52(44-75-16-8-48(58)53-11-19-64-26-31-69-34-29-67-22-14-57,45-76-17-9-49(59)54-12-20-65-27-32-70-36-35-68-24-23-62-4)46-77-18-10-50(60)55-13-21-66-28-33-71-37-38-73-41-42-78-47(2)3/h47,57H,5-46H2,1-4H3,(H,53,58)(H,54,59)(H,55,60)(H,56,61). The van der Waals surface area contributed by atoms with Crippen LogP contribution in [0.2, 0.25) is 0 Å². The van der Waals surface area contributed by atoms with Gasteiger partial charge in [0.05, 0.1) is 211 Å². The van der Waals surface area contributed by atoms with Crippen LogP contribution in [0.1, 0.15) is 59.3 Å². The van der Waals surface area contributed by atoms with Crippen LogP contribution in [0.15, 0.2) is 0 Å². The lowest BCUT2D eigenvalue weighted by Crippen LogP contribution is -2.59. The highest BCUT2D eigenvalue weighted by Crippen LogP contribution is 2.11. The second kappa shape index (κ2) is 60.3. The first-order chi connectivity index (χ1) is 38.2. The number of rotatable bonds is 64. The summed E-state index contributed by atoms with van der Waals surface area (Å²) in [5, 5.41) is 20.1. The first-order valence-corrected chi connectivity index (χ1v) is 27.7. The number of aliphatic hydroxyl groups is 1. The monoisotopic (exact) mass is 1130 g/mol. The predicted molar refractivity (Wildman–Crippen MR) is 286 cm³/mol. The zero-order valence-corrected chi connectivity index (χ0v) is 47.8. The van der Waals surface area contributed by atoms with E-state index >= 15 is 0 Å². The maximum Gasteiger partial charge on any atom is 0.246 e. The highest BCUT2D eigenvalue weighted by atomic mass is 16.6. The number of ether oxygens (including phenoxy) is 17. The number of hydrogen-bond acceptors (Lipinski definition) is 22. The van der Waals surface area contributed by atoms with Gasteiger partial charge in [-0.3, -0.25) is 19.2 Å². The van der Waals surface area contributed by atoms with E-state index in [1.165, 1.54) is 0 Å². The number of aliphatic hydroxyl groups excluding tert-OH is 1. The van der Waals surface area contributed by atoms with Gasteiger partial charge in [0.25, 0.3) is 0 Å². The summed E-state index contributed by atoms with van der Waals surface area (Å²) in [6, 6.07) is 0. The molecule has 0 bridgehead atoms. The van der Waals surface area contributed by atoms with Gasteiger partial charge in [0.15, 0.2) is 0 Å². The lowest BCUT2D eigenvalue weighted by molar-refractivity contribution is -0.134. The molecule has 0 aromatic rings. The van der Waals surface area contributed by atoms with E-state index in [0.717, 1.165) is 19.3 Å². The van der Waals surface area contributed by atoms with Gasteiger partial charge in [-0.25, -0.2) is 0 Å². The Labute approximate surface area is 464 Å². The number of nitrogens with one attached hydrogen (secondary N) is 4. The Morgan fingerprint density at radius 1 is 0.385 bits per heavy atom. The Morgan fingerprint density at radius 2 is 0.718 bits per heavy atom. The van der Waals surface area contributed by atoms with Gasteiger partial charge in [-0.15, -0.1) is 0 Å². The normalized spacial score (nSPS) is 12.3. The molecule has 0 heterocycles. The zero-order valence-electron chi connectivity index (χ0n) is 47.8. The largest absolute Gasteiger partial charge is 0.394 e. The van der Waals surface area contributed by atoms with Crippen LogP contribution in [0, 0.1) is 0 Å². The molecule has 4 amide bonds. The van der Waals surface area contributed by atoms with Gasteiger partial charge in [0, 0.05) is 52.6 Å². The Hall–Kier alpha value is -2.84. The molecule has 462 valence electrons. The molecule has 1 unspecified atom stereocenters. The average molecular weight is 1140 g/mol. The van der Waals surface area contributed by atoms with E-state index in [1.807, 2.05) is 13.8 Å². The summed E-state index contributed by atoms with van der Waals surface area (Å²) in [7, 11) is 1.61. The SMILES string of the molecule is CCCCCOCCOCCOCC(=O)NC(COCCC(=O)NCCOCCOCCOCCO)(COCCC(=O)NCCOCCOCCOCCOC)COCCC(=O)NCCOCCOCCOCCOC(C)C. The molecule has 78 heavy (non-hydrogen) atoms. The number of carbonyl (C=O) groups is 4. The zero-order chi connectivity index (χ0) is 56.9. The first-order valence-electron chi connectivity index (χ1n) is 27.7. The molecule has 0 rings (SSSR count). The molecule has 0 saturated heterocycles. The van der Waals surface area contributed by atoms with E-state index in [0.29, 0.717) is 126 Å². The van der Waals surface area contributed by atoms with Crippen molar-refractivity contribution in [2.45, 2.75) is 70.9 Å². The van der Waals surface area contributed by atoms with Crippen LogP contribution in [-0.2, 0) is 99.7 Å². The quantitative estimate of drug-likeness (QED) is 0.0496. The van der Waals surface area contributed by atoms with Gasteiger partial charge in [0.2, 0.25) is 23.6 Å². The van der Waals surface area contributed by atoms with Crippen molar-refractivity contribution in [3.8, 4) is 0 Å². The van der Waals surface area contributed by atoms with Crippen molar-refractivity contribution in [1.82, 2.24) is 21.3 Å². The molecule has 0 saturated carbocycles. The fourth-order valence-electron chi connectivity index (χ4n) is 6.15. The van der Waals surface area contributed by atoms with Gasteiger partial charge >= 0.3 is 0 Å². The molecule has 26 nitrogen and oxygen atoms in total. The molecule has 0 radical (unpaired) electrons. The molecule has 0 aromatic carbocycles. The molecule has 0 spiro atoms. The van der Waals surface area contributed by atoms with Gasteiger partial charge in [0.1, 0.15) is 12.1 Å². The van der Waals surface area contributed by atoms with Crippen LogP contribution >= 0.6 is 0 Å². The number of methoxy groups -OCH3 is 1. The number of hydrogen-bond donors (Lipinski definition) is 5. The summed E-state index contributed by atoms with van der Waals surface area (Å²) in [5.74, 6) is -1.34. The predicted octanol–water partition coefficient (Wildman–Crippen LogP) is -0.137. The molecule has 0 aliphatic carbocycles. The number of amides is 4. The highest BCUT2D eigenvalue weighted by Gasteiger charge is 2.34. The lowest BCUT2D eigenvalue weighted by atomic mass is 10.0. The van der Waals surface area contributed by atoms with E-state index in [2.05, 4.69) is 28.2 Å². The van der Waals surface area contributed by atoms with Crippen molar-refractivity contribution >= 4 is 23.6 Å². The van der Waals surface area contributed by atoms with E-state index < -0.39 is 11.4 Å². The van der Waals surface area contributed by atoms with Crippen LogP contribution in [0.3, 0.4) is 0 Å². The molecule has 0 aliphatic rings. The minimum Gasteiger partial charge on any atom is -0.394 e. The fourth-order valence-corrected chi connectivity index (χ4v) is 6.15. The van der Waals surface area contributed by atoms with Crippen molar-refractivity contribution in [2.75, 3.05) is 245 Å². The van der Waals surface area contributed by atoms with Gasteiger partial charge < -0.3 is 107 Å². The van der Waals surface area contributed by atoms with Crippen LogP contribution < -0.4 is 21.3 Å². The van der Waals surface area contributed by atoms with Crippen molar-refractivity contribution < 1.29 is 105 Å². The fraction of sp³-hybridized carbons (Fsp3) is 0.923. The Kier molecular flexibility index (Phi) is 58.1. The summed E-state index contributed by atoms with van der Waals surface area (Å²) in [6.45, 7) is 15.7. The van der Waals surface area contributed by atoms with Crippen molar-refractivity contribution in [2.24, 2.45) is 0 Å². The van der Waals surface area contributed by atoms with Gasteiger partial charge in [-0.1, -0.05) is 19.8 Å². The number of unbranched alkanes of at least 4 members (excludes halogenated alkanes) is 2. The van der Waals surface area contributed by atoms with E-state index in [9.17, 15) is 19.2 Å². The van der Waals surface area contributed by atoms with Crippen LogP contribution in [0.4, 0.5) is 0 Å². The minimum atomic E-state index is -1.34. The van der Waals surface area contributed by atoms with E-state index in [-0.39, 0.29) is 155 Å². The molecule has 26 heteroatoms. The summed E-state index contributed by atoms with van der Waals surface area (Å²) in [6.07, 6.45) is 3.39. The second-order valence-corrected chi connectivity index (χ2v) is 17.4. The third-order valence-electron chi connectivity index (χ3n) is 10.1. The first kappa shape index (κ1) is 75.2. The third kappa shape index (κ3) is 56.4. The molecule has 0 aromatic heterocycles. The summed E-state index contributed by atoms with van der Waals surface area (Å²) < 4.78 is 94.1. The van der Waals surface area contributed by atoms with Crippen LogP contribution in [0.25, 0.3) is 0 Å². The summed E-state index contributed by atoms with van der Waals surface area (Å²) >= 11 is 0. The summed E-state index contributed by atoms with van der Waals surface area (Å²) in [4.78, 5) is 51.6. The number of carbonyl (C=O) groups excluding carboxylic acids is 4. The molecule has 5 N–H and O–H groups in total. The molecule has 0 aliphatic heterocycles. The molecule has 1 atom stereocenters. The van der Waals surface area contributed by atoms with E-state index in [4.69, 9.17) is 85.6 Å². The van der Waals surface area contributed by atoms with E-state index in [1.54, 1.807) is 7.11 Å². The molecular weight excluding hydrogens is 1030 g/mol. The second-order valence-electron chi connectivity index (χ2n) is 17.4. The smallest absolute Gasteiger partial charge is 0.246 e. The Balaban J connectivity index is 5.34. The average Bonchev–Trinajstić information content (AvgIpc) is 3.42. The third-order valence-corrected chi connectivity index (χ3v) is 10.1. The molecule has 0 fully saturated rings. The highest BCUT2D eigenvalue weighted by molar-refractivity contribution is 5.78. The van der Waals surface area contributed by atoms with Gasteiger partial charge in [-0.2, -0.15) is 0 Å². The molecular formula is C52H102N4O22. The van der Waals surface area contributed by atoms with Crippen molar-refractivity contribution in [3.05, 3.63) is 0 Å². The lowest BCUT2D eigenvalue weighted by Gasteiger charge is -2.34. The van der Waals surface area contributed by atoms with Crippen molar-refractivity contribution in [3.63, 3.8) is 0 Å². The van der Waals surface area contributed by atoms with Crippen molar-refractivity contribution in [1.29, 1.82) is 0 Å².